The maximum atomic E-state index is 15.5. The summed E-state index contributed by atoms with van der Waals surface area (Å²) in [4.78, 5) is 48.5. The number of methoxy groups -OCH3 is 1. The fraction of sp³-hybridized carbons (Fsp3) is 0.745. The maximum Gasteiger partial charge on any atom is 0.309 e. The smallest absolute Gasteiger partial charge is 0.309 e. The molecule has 7 fully saturated rings. The van der Waals surface area contributed by atoms with Gasteiger partial charge in [0.2, 0.25) is 5.91 Å². The first-order chi connectivity index (χ1) is 29.1. The Hall–Kier alpha value is -3.71. The van der Waals surface area contributed by atoms with E-state index in [1.165, 1.54) is 0 Å². The van der Waals surface area contributed by atoms with E-state index in [4.69, 9.17) is 14.5 Å². The molecule has 2 heterocycles. The van der Waals surface area contributed by atoms with Crippen LogP contribution in [0.5, 0.6) is 0 Å². The van der Waals surface area contributed by atoms with Crippen LogP contribution >= 0.6 is 0 Å². The van der Waals surface area contributed by atoms with Crippen LogP contribution in [-0.4, -0.2) is 63.8 Å². The summed E-state index contributed by atoms with van der Waals surface area (Å²) in [6.07, 6.45) is 16.1. The number of carbonyl (C=O) groups excluding carboxylic acids is 2. The van der Waals surface area contributed by atoms with E-state index in [-0.39, 0.29) is 34.2 Å². The van der Waals surface area contributed by atoms with Crippen molar-refractivity contribution in [3.8, 4) is 17.3 Å². The third-order valence-corrected chi connectivity index (χ3v) is 19.4. The van der Waals surface area contributed by atoms with Gasteiger partial charge in [-0.3, -0.25) is 14.4 Å². The Kier molecular flexibility index (Phi) is 10.8. The Morgan fingerprint density at radius 3 is 2.26 bits per heavy atom. The van der Waals surface area contributed by atoms with Crippen molar-refractivity contribution in [2.24, 2.45) is 68.5 Å². The Morgan fingerprint density at radius 1 is 0.836 bits per heavy atom. The molecule has 1 saturated heterocycles. The molecule has 0 bridgehead atoms. The van der Waals surface area contributed by atoms with E-state index in [9.17, 15) is 20.0 Å². The number of carbonyl (C=O) groups is 3. The summed E-state index contributed by atoms with van der Waals surface area (Å²) in [7, 11) is 1.74. The highest BCUT2D eigenvalue weighted by atomic mass is 16.5. The van der Waals surface area contributed by atoms with Crippen molar-refractivity contribution in [1.82, 2.24) is 14.5 Å². The number of nitriles is 1. The van der Waals surface area contributed by atoms with E-state index in [0.717, 1.165) is 107 Å². The summed E-state index contributed by atoms with van der Waals surface area (Å²) in [5, 5.41) is 20.7. The number of aliphatic carboxylic acids is 1. The van der Waals surface area contributed by atoms with Crippen molar-refractivity contribution in [2.75, 3.05) is 20.3 Å². The highest BCUT2D eigenvalue weighted by Gasteiger charge is 2.68. The quantitative estimate of drug-likeness (QED) is 0.247. The topological polar surface area (TPSA) is 135 Å². The van der Waals surface area contributed by atoms with E-state index in [2.05, 4.69) is 66.8 Å². The molecule has 7 aliphatic rings. The first-order valence-corrected chi connectivity index (χ1v) is 23.9. The van der Waals surface area contributed by atoms with E-state index in [1.54, 1.807) is 7.11 Å². The number of benzene rings is 1. The van der Waals surface area contributed by atoms with E-state index < -0.39 is 34.7 Å². The third kappa shape index (κ3) is 6.46. The van der Waals surface area contributed by atoms with Gasteiger partial charge in [-0.25, -0.2) is 4.98 Å². The Morgan fingerprint density at radius 2 is 1.56 bits per heavy atom. The number of amides is 1. The summed E-state index contributed by atoms with van der Waals surface area (Å²) in [6.45, 7) is 12.9. The van der Waals surface area contributed by atoms with Crippen molar-refractivity contribution in [1.29, 1.82) is 5.26 Å². The van der Waals surface area contributed by atoms with Gasteiger partial charge in [0.1, 0.15) is 11.9 Å². The number of nitrogens with zero attached hydrogens (tertiary/aromatic N) is 4. The number of carboxylic acid groups (broad SMARTS) is 1. The zero-order chi connectivity index (χ0) is 43.1. The molecule has 13 atom stereocenters. The van der Waals surface area contributed by atoms with Gasteiger partial charge in [0.25, 0.3) is 0 Å². The largest absolute Gasteiger partial charge is 0.481 e. The second-order valence-corrected chi connectivity index (χ2v) is 22.1. The standard InChI is InChI=1S/C51H70N4O6/c1-47(2)37(44(56)57)29-38(47)45(58)61-42-21-23-49(4)34-19-20-35-36-16-11-22-51(36,25-24-48(35,3)33(34)15-10-18-41(49)50(42,5)31-52)46(59)55-26-12-17-40(55)43-53-39(30-54(43)27-28-60-6)32-13-8-7-9-14-32/h7-9,13-14,30,33-38,40-42H,10-12,15-29H2,1-6H3,(H,56,57)/t33-,34?,35+,36?,37-,38+,40-,41?,42-,48-,49+,50-,51-/m0/s1. The lowest BCUT2D eigenvalue weighted by Crippen LogP contribution is -2.61. The second kappa shape index (κ2) is 15.5. The molecule has 2 aromatic rings. The molecule has 3 unspecified atom stereocenters. The summed E-state index contributed by atoms with van der Waals surface area (Å²) in [5.41, 5.74) is 0.310. The zero-order valence-corrected chi connectivity index (χ0v) is 37.7. The molecule has 1 aromatic carbocycles. The van der Waals surface area contributed by atoms with Crippen molar-refractivity contribution >= 4 is 17.8 Å². The van der Waals surface area contributed by atoms with Crippen LogP contribution in [0.4, 0.5) is 0 Å². The number of aromatic nitrogens is 2. The highest BCUT2D eigenvalue weighted by molar-refractivity contribution is 5.84. The van der Waals surface area contributed by atoms with Gasteiger partial charge in [-0.1, -0.05) is 70.9 Å². The van der Waals surface area contributed by atoms with Crippen molar-refractivity contribution in [2.45, 2.75) is 150 Å². The molecule has 6 aliphatic carbocycles. The molecule has 0 spiro atoms. The molecular formula is C51H70N4O6. The normalized spacial score (nSPS) is 41.2. The highest BCUT2D eigenvalue weighted by Crippen LogP contribution is 2.72. The molecule has 1 N–H and O–H groups in total. The molecule has 6 saturated carbocycles. The van der Waals surface area contributed by atoms with Gasteiger partial charge in [0, 0.05) is 32.0 Å². The molecule has 1 aliphatic heterocycles. The van der Waals surface area contributed by atoms with Gasteiger partial charge in [-0.15, -0.1) is 0 Å². The molecular weight excluding hydrogens is 765 g/mol. The van der Waals surface area contributed by atoms with Gasteiger partial charge in [0.05, 0.1) is 47.1 Å². The predicted molar refractivity (Wildman–Crippen MR) is 231 cm³/mol. The molecule has 1 amide bonds. The van der Waals surface area contributed by atoms with Crippen LogP contribution in [0.3, 0.4) is 0 Å². The summed E-state index contributed by atoms with van der Waals surface area (Å²) in [6, 6.07) is 13.1. The Labute approximate surface area is 363 Å². The average Bonchev–Trinajstić information content (AvgIpc) is 3.99. The van der Waals surface area contributed by atoms with Gasteiger partial charge < -0.3 is 24.0 Å². The maximum absolute atomic E-state index is 15.5. The fourth-order valence-electron chi connectivity index (χ4n) is 16.0. The van der Waals surface area contributed by atoms with Crippen molar-refractivity contribution in [3.63, 3.8) is 0 Å². The summed E-state index contributed by atoms with van der Waals surface area (Å²) < 4.78 is 14.1. The SMILES string of the molecule is COCCn1cc(-c2ccccc2)nc1[C@@H]1CCCN1C(=O)[C@]12CCCC1[C@H]1CCC3[C@H](CCCC4[C@]3(C)CC[C@H](OC(=O)[C@H]3C[C@@H](C(=O)O)C3(C)C)[C@@]4(C)C#N)[C@]1(C)CC2. The minimum Gasteiger partial charge on any atom is -0.481 e. The molecule has 330 valence electrons. The number of esters is 1. The van der Waals surface area contributed by atoms with E-state index >= 15 is 4.79 Å². The first kappa shape index (κ1) is 42.6. The Bertz CT molecular complexity index is 2060. The lowest BCUT2D eigenvalue weighted by Gasteiger charge is -2.64. The molecule has 10 nitrogen and oxygen atoms in total. The summed E-state index contributed by atoms with van der Waals surface area (Å²) in [5.74, 6) is 1.16. The van der Waals surface area contributed by atoms with Crippen LogP contribution in [0.25, 0.3) is 11.3 Å². The molecule has 1 aromatic heterocycles. The minimum absolute atomic E-state index is 0.0362. The van der Waals surface area contributed by atoms with Crippen LogP contribution in [-0.2, 0) is 30.4 Å². The van der Waals surface area contributed by atoms with E-state index in [0.29, 0.717) is 55.6 Å². The van der Waals surface area contributed by atoms with Crippen LogP contribution in [0.2, 0.25) is 0 Å². The van der Waals surface area contributed by atoms with Gasteiger partial charge in [0.15, 0.2) is 0 Å². The third-order valence-electron chi connectivity index (χ3n) is 19.4. The van der Waals surface area contributed by atoms with Crippen molar-refractivity contribution in [3.05, 3.63) is 42.4 Å². The second-order valence-electron chi connectivity index (χ2n) is 22.1. The number of hydrogen-bond acceptors (Lipinski definition) is 7. The Balaban J connectivity index is 0.947. The van der Waals surface area contributed by atoms with Crippen LogP contribution in [0.1, 0.15) is 143 Å². The molecule has 0 radical (unpaired) electrons. The minimum atomic E-state index is -0.861. The number of fused-ring (bicyclic) bond motifs is 7. The first-order valence-electron chi connectivity index (χ1n) is 23.9. The van der Waals surface area contributed by atoms with Gasteiger partial charge >= 0.3 is 11.9 Å². The predicted octanol–water partition coefficient (Wildman–Crippen LogP) is 9.88. The lowest BCUT2D eigenvalue weighted by atomic mass is 9.40. The average molecular weight is 835 g/mol. The van der Waals surface area contributed by atoms with Gasteiger partial charge in [-0.05, 0) is 136 Å². The molecule has 9 rings (SSSR count). The van der Waals surface area contributed by atoms with Crippen LogP contribution in [0.15, 0.2) is 36.5 Å². The number of imidazole rings is 1. The number of carboxylic acids is 1. The monoisotopic (exact) mass is 835 g/mol. The number of rotatable bonds is 9. The number of ether oxygens (including phenoxy) is 2. The fourth-order valence-corrected chi connectivity index (χ4v) is 16.0. The number of hydrogen-bond donors (Lipinski definition) is 1. The number of likely N-dealkylation sites (tertiary alicyclic amines) is 1. The summed E-state index contributed by atoms with van der Waals surface area (Å²) >= 11 is 0. The lowest BCUT2D eigenvalue weighted by molar-refractivity contribution is -0.197. The molecule has 10 heteroatoms. The van der Waals surface area contributed by atoms with Gasteiger partial charge in [-0.2, -0.15) is 5.26 Å². The zero-order valence-electron chi connectivity index (χ0n) is 37.7. The van der Waals surface area contributed by atoms with E-state index in [1.807, 2.05) is 19.9 Å². The van der Waals surface area contributed by atoms with Crippen molar-refractivity contribution < 1.29 is 29.0 Å². The van der Waals surface area contributed by atoms with Crippen LogP contribution < -0.4 is 0 Å². The van der Waals surface area contributed by atoms with Crippen LogP contribution in [0, 0.1) is 79.8 Å². The molecule has 61 heavy (non-hydrogen) atoms.